The Hall–Kier alpha value is -0.500. The number of unbranched alkanes of at least 4 members (excludes halogenated alkanes) is 1. The van der Waals surface area contributed by atoms with E-state index in [0.29, 0.717) is 0 Å². The lowest BCUT2D eigenvalue weighted by molar-refractivity contribution is -0.298. The molecule has 0 spiro atoms. The summed E-state index contributed by atoms with van der Waals surface area (Å²) < 4.78 is 10.4. The molecule has 106 valence electrons. The second-order valence-corrected chi connectivity index (χ2v) is 4.29. The number of hydrogen-bond acceptors (Lipinski definition) is 6. The molecular weight excluding hydrogens is 240 g/mol. The van der Waals surface area contributed by atoms with E-state index in [1.165, 1.54) is 0 Å². The molecule has 0 aromatic rings. The third-order valence-corrected chi connectivity index (χ3v) is 2.83. The Kier molecular flexibility index (Phi) is 6.77. The van der Waals surface area contributed by atoms with Crippen molar-refractivity contribution in [3.05, 3.63) is 12.2 Å². The van der Waals surface area contributed by atoms with Gasteiger partial charge in [0.05, 0.1) is 13.2 Å². The van der Waals surface area contributed by atoms with Crippen LogP contribution in [0, 0.1) is 0 Å². The summed E-state index contributed by atoms with van der Waals surface area (Å²) in [5.41, 5.74) is 0. The summed E-state index contributed by atoms with van der Waals surface area (Å²) in [7, 11) is 0. The summed E-state index contributed by atoms with van der Waals surface area (Å²) in [4.78, 5) is 0. The van der Waals surface area contributed by atoms with Crippen molar-refractivity contribution >= 4 is 0 Å². The smallest absolute Gasteiger partial charge is 0.187 e. The van der Waals surface area contributed by atoms with Crippen LogP contribution in [0.5, 0.6) is 0 Å². The molecule has 0 aliphatic carbocycles. The van der Waals surface area contributed by atoms with Gasteiger partial charge in [0.2, 0.25) is 0 Å². The normalized spacial score (nSPS) is 37.3. The van der Waals surface area contributed by atoms with Crippen LogP contribution < -0.4 is 0 Å². The van der Waals surface area contributed by atoms with Gasteiger partial charge in [-0.2, -0.15) is 0 Å². The lowest BCUT2D eigenvalue weighted by Crippen LogP contribution is -2.59. The average Bonchev–Trinajstić information content (AvgIpc) is 2.38. The van der Waals surface area contributed by atoms with Gasteiger partial charge in [0.15, 0.2) is 6.29 Å². The highest BCUT2D eigenvalue weighted by Crippen LogP contribution is 2.21. The number of aliphatic hydroxyl groups is 4. The van der Waals surface area contributed by atoms with E-state index in [0.717, 1.165) is 12.8 Å². The van der Waals surface area contributed by atoms with Gasteiger partial charge in [0.1, 0.15) is 24.4 Å². The SMILES string of the molecule is CCC/C=C/CO[C@H]1OC(CO)[C@H](O)C(O)C1O. The van der Waals surface area contributed by atoms with Crippen molar-refractivity contribution in [2.24, 2.45) is 0 Å². The first kappa shape index (κ1) is 15.6. The molecule has 0 radical (unpaired) electrons. The van der Waals surface area contributed by atoms with Gasteiger partial charge in [-0.15, -0.1) is 0 Å². The second kappa shape index (κ2) is 7.83. The molecule has 1 heterocycles. The molecule has 4 N–H and O–H groups in total. The van der Waals surface area contributed by atoms with E-state index in [-0.39, 0.29) is 6.61 Å². The lowest BCUT2D eigenvalue weighted by Gasteiger charge is -2.39. The summed E-state index contributed by atoms with van der Waals surface area (Å²) in [6.07, 6.45) is -0.313. The molecule has 0 saturated carbocycles. The molecule has 1 aliphatic heterocycles. The molecule has 1 fully saturated rings. The first-order valence-electron chi connectivity index (χ1n) is 6.19. The maximum atomic E-state index is 9.66. The third kappa shape index (κ3) is 4.01. The van der Waals surface area contributed by atoms with Crippen molar-refractivity contribution in [3.63, 3.8) is 0 Å². The van der Waals surface area contributed by atoms with Crippen LogP contribution >= 0.6 is 0 Å². The van der Waals surface area contributed by atoms with Gasteiger partial charge in [-0.05, 0) is 6.42 Å². The summed E-state index contributed by atoms with van der Waals surface area (Å²) in [5, 5.41) is 37.7. The highest BCUT2D eigenvalue weighted by Gasteiger charge is 2.43. The molecule has 0 aromatic carbocycles. The van der Waals surface area contributed by atoms with Crippen molar-refractivity contribution in [2.75, 3.05) is 13.2 Å². The Bertz CT molecular complexity index is 255. The minimum Gasteiger partial charge on any atom is -0.394 e. The van der Waals surface area contributed by atoms with Gasteiger partial charge in [-0.3, -0.25) is 0 Å². The lowest BCUT2D eigenvalue weighted by atomic mass is 9.99. The van der Waals surface area contributed by atoms with Gasteiger partial charge >= 0.3 is 0 Å². The zero-order valence-electron chi connectivity index (χ0n) is 10.5. The first-order valence-corrected chi connectivity index (χ1v) is 6.19. The predicted octanol–water partition coefficient (Wildman–Crippen LogP) is -0.841. The maximum Gasteiger partial charge on any atom is 0.187 e. The number of hydrogen-bond donors (Lipinski definition) is 4. The first-order chi connectivity index (χ1) is 8.61. The molecule has 6 nitrogen and oxygen atoms in total. The van der Waals surface area contributed by atoms with Crippen LogP contribution in [-0.2, 0) is 9.47 Å². The molecule has 3 unspecified atom stereocenters. The Morgan fingerprint density at radius 2 is 1.83 bits per heavy atom. The maximum absolute atomic E-state index is 9.66. The molecule has 0 aromatic heterocycles. The molecule has 5 atom stereocenters. The number of rotatable bonds is 6. The van der Waals surface area contributed by atoms with Crippen LogP contribution in [0.15, 0.2) is 12.2 Å². The highest BCUT2D eigenvalue weighted by molar-refractivity contribution is 4.89. The Morgan fingerprint density at radius 3 is 2.44 bits per heavy atom. The number of ether oxygens (including phenoxy) is 2. The number of aliphatic hydroxyl groups excluding tert-OH is 4. The fourth-order valence-corrected chi connectivity index (χ4v) is 1.71. The van der Waals surface area contributed by atoms with Crippen molar-refractivity contribution < 1.29 is 29.9 Å². The van der Waals surface area contributed by atoms with E-state index < -0.39 is 37.3 Å². The summed E-state index contributed by atoms with van der Waals surface area (Å²) in [6.45, 7) is 1.85. The Labute approximate surface area is 106 Å². The van der Waals surface area contributed by atoms with E-state index in [1.807, 2.05) is 6.08 Å². The minimum absolute atomic E-state index is 0.239. The molecular formula is C12H22O6. The van der Waals surface area contributed by atoms with Gasteiger partial charge in [-0.25, -0.2) is 0 Å². The molecule has 1 saturated heterocycles. The number of allylic oxidation sites excluding steroid dienone is 1. The molecule has 1 aliphatic rings. The van der Waals surface area contributed by atoms with Crippen LogP contribution in [0.25, 0.3) is 0 Å². The molecule has 1 rings (SSSR count). The molecule has 18 heavy (non-hydrogen) atoms. The standard InChI is InChI=1S/C12H22O6/c1-2-3-4-5-6-17-12-11(16)10(15)9(14)8(7-13)18-12/h4-5,8-16H,2-3,6-7H2,1H3/b5-4+/t8?,9-,10?,11?,12-/m0/s1. The van der Waals surface area contributed by atoms with Crippen molar-refractivity contribution in [3.8, 4) is 0 Å². The largest absolute Gasteiger partial charge is 0.394 e. The van der Waals surface area contributed by atoms with Crippen molar-refractivity contribution in [2.45, 2.75) is 50.5 Å². The zero-order chi connectivity index (χ0) is 13.5. The van der Waals surface area contributed by atoms with Crippen molar-refractivity contribution in [1.29, 1.82) is 0 Å². The predicted molar refractivity (Wildman–Crippen MR) is 63.8 cm³/mol. The van der Waals surface area contributed by atoms with E-state index >= 15 is 0 Å². The summed E-state index contributed by atoms with van der Waals surface area (Å²) in [6, 6.07) is 0. The fourth-order valence-electron chi connectivity index (χ4n) is 1.71. The quantitative estimate of drug-likeness (QED) is 0.466. The van der Waals surface area contributed by atoms with E-state index in [1.54, 1.807) is 6.08 Å². The molecule has 0 amide bonds. The Morgan fingerprint density at radius 1 is 1.11 bits per heavy atom. The fraction of sp³-hybridized carbons (Fsp3) is 0.833. The average molecular weight is 262 g/mol. The van der Waals surface area contributed by atoms with E-state index in [2.05, 4.69) is 6.92 Å². The third-order valence-electron chi connectivity index (χ3n) is 2.83. The summed E-state index contributed by atoms with van der Waals surface area (Å²) in [5.74, 6) is 0. The van der Waals surface area contributed by atoms with Gasteiger partial charge in [-0.1, -0.05) is 25.5 Å². The Balaban J connectivity index is 2.44. The van der Waals surface area contributed by atoms with E-state index in [9.17, 15) is 15.3 Å². The van der Waals surface area contributed by atoms with Crippen LogP contribution in [0.3, 0.4) is 0 Å². The molecule has 6 heteroatoms. The highest BCUT2D eigenvalue weighted by atomic mass is 16.7. The van der Waals surface area contributed by atoms with Crippen LogP contribution in [-0.4, -0.2) is 64.3 Å². The topological polar surface area (TPSA) is 99.4 Å². The van der Waals surface area contributed by atoms with Gasteiger partial charge in [0.25, 0.3) is 0 Å². The summed E-state index contributed by atoms with van der Waals surface area (Å²) >= 11 is 0. The second-order valence-electron chi connectivity index (χ2n) is 4.29. The van der Waals surface area contributed by atoms with Gasteiger partial charge in [0, 0.05) is 0 Å². The van der Waals surface area contributed by atoms with Crippen LogP contribution in [0.1, 0.15) is 19.8 Å². The van der Waals surface area contributed by atoms with Gasteiger partial charge < -0.3 is 29.9 Å². The minimum atomic E-state index is -1.39. The van der Waals surface area contributed by atoms with Crippen molar-refractivity contribution in [1.82, 2.24) is 0 Å². The van der Waals surface area contributed by atoms with E-state index in [4.69, 9.17) is 14.6 Å². The van der Waals surface area contributed by atoms with Crippen LogP contribution in [0.2, 0.25) is 0 Å². The monoisotopic (exact) mass is 262 g/mol. The van der Waals surface area contributed by atoms with Crippen LogP contribution in [0.4, 0.5) is 0 Å². The zero-order valence-corrected chi connectivity index (χ0v) is 10.5. The molecule has 0 bridgehead atoms.